The Bertz CT molecular complexity index is 655. The van der Waals surface area contributed by atoms with Crippen molar-refractivity contribution in [1.82, 2.24) is 10.2 Å². The molecule has 1 amide bonds. The average molecular weight is 405 g/mol. The molecule has 1 N–H and O–H groups in total. The van der Waals surface area contributed by atoms with Crippen molar-refractivity contribution in [3.8, 4) is 0 Å². The highest BCUT2D eigenvalue weighted by Crippen LogP contribution is 2.19. The predicted molar refractivity (Wildman–Crippen MR) is 113 cm³/mol. The Morgan fingerprint density at radius 1 is 1.21 bits per heavy atom. The minimum Gasteiger partial charge on any atom is -0.459 e. The second kappa shape index (κ2) is 10.6. The number of carbonyl (C=O) groups excluding carboxylic acids is 2. The Balaban J connectivity index is 1.90. The third-order valence-corrected chi connectivity index (χ3v) is 4.82. The van der Waals surface area contributed by atoms with Gasteiger partial charge in [-0.25, -0.2) is 4.79 Å². The predicted octanol–water partition coefficient (Wildman–Crippen LogP) is 4.13. The first-order chi connectivity index (χ1) is 13.7. The summed E-state index contributed by atoms with van der Waals surface area (Å²) >= 11 is 0. The SMILES string of the molecule is CC(C)C[C@H](NC[C@H]1CCCN1C(=O)OCc1ccccc1)C(=O)OC(C)(C)C. The Labute approximate surface area is 174 Å². The van der Waals surface area contributed by atoms with Crippen LogP contribution in [-0.2, 0) is 20.9 Å². The lowest BCUT2D eigenvalue weighted by molar-refractivity contribution is -0.158. The van der Waals surface area contributed by atoms with Crippen LogP contribution in [0, 0.1) is 5.92 Å². The van der Waals surface area contributed by atoms with Gasteiger partial charge < -0.3 is 19.7 Å². The smallest absolute Gasteiger partial charge is 0.410 e. The summed E-state index contributed by atoms with van der Waals surface area (Å²) in [5.74, 6) is 0.123. The van der Waals surface area contributed by atoms with Crippen molar-refractivity contribution in [1.29, 1.82) is 0 Å². The van der Waals surface area contributed by atoms with Gasteiger partial charge in [-0.2, -0.15) is 0 Å². The zero-order chi connectivity index (χ0) is 21.4. The quantitative estimate of drug-likeness (QED) is 0.660. The van der Waals surface area contributed by atoms with E-state index in [4.69, 9.17) is 9.47 Å². The van der Waals surface area contributed by atoms with Crippen LogP contribution in [0.15, 0.2) is 30.3 Å². The summed E-state index contributed by atoms with van der Waals surface area (Å²) < 4.78 is 11.1. The number of esters is 1. The maximum absolute atomic E-state index is 12.6. The van der Waals surface area contributed by atoms with Crippen LogP contribution in [0.2, 0.25) is 0 Å². The normalized spacial score (nSPS) is 18.0. The van der Waals surface area contributed by atoms with Gasteiger partial charge in [-0.3, -0.25) is 4.79 Å². The third-order valence-electron chi connectivity index (χ3n) is 4.82. The summed E-state index contributed by atoms with van der Waals surface area (Å²) in [7, 11) is 0. The van der Waals surface area contributed by atoms with Gasteiger partial charge >= 0.3 is 12.1 Å². The summed E-state index contributed by atoms with van der Waals surface area (Å²) in [6.07, 6.45) is 2.24. The van der Waals surface area contributed by atoms with Gasteiger partial charge in [0.15, 0.2) is 0 Å². The summed E-state index contributed by atoms with van der Waals surface area (Å²) in [4.78, 5) is 26.9. The second-order valence-corrected chi connectivity index (χ2v) is 9.15. The molecule has 162 valence electrons. The molecule has 1 aliphatic rings. The number of amides is 1. The number of nitrogens with one attached hydrogen (secondary N) is 1. The molecule has 6 nitrogen and oxygen atoms in total. The molecule has 0 spiro atoms. The minimum atomic E-state index is -0.519. The molecule has 2 rings (SSSR count). The highest BCUT2D eigenvalue weighted by atomic mass is 16.6. The van der Waals surface area contributed by atoms with E-state index in [0.717, 1.165) is 18.4 Å². The zero-order valence-corrected chi connectivity index (χ0v) is 18.4. The number of nitrogens with zero attached hydrogens (tertiary/aromatic N) is 1. The zero-order valence-electron chi connectivity index (χ0n) is 18.4. The molecule has 29 heavy (non-hydrogen) atoms. The van der Waals surface area contributed by atoms with Crippen molar-refractivity contribution < 1.29 is 19.1 Å². The molecule has 1 fully saturated rings. The van der Waals surface area contributed by atoms with Crippen molar-refractivity contribution in [2.45, 2.75) is 78.2 Å². The lowest BCUT2D eigenvalue weighted by Crippen LogP contribution is -2.48. The lowest BCUT2D eigenvalue weighted by Gasteiger charge is -2.28. The Morgan fingerprint density at radius 2 is 1.90 bits per heavy atom. The summed E-state index contributed by atoms with van der Waals surface area (Å²) in [6, 6.07) is 9.31. The van der Waals surface area contributed by atoms with E-state index in [9.17, 15) is 9.59 Å². The molecule has 6 heteroatoms. The van der Waals surface area contributed by atoms with Gasteiger partial charge in [-0.15, -0.1) is 0 Å². The molecule has 0 unspecified atom stereocenters. The second-order valence-electron chi connectivity index (χ2n) is 9.15. The Hall–Kier alpha value is -2.08. The van der Waals surface area contributed by atoms with Crippen LogP contribution in [0.4, 0.5) is 4.79 Å². The van der Waals surface area contributed by atoms with Crippen molar-refractivity contribution in [2.24, 2.45) is 5.92 Å². The molecule has 0 saturated carbocycles. The van der Waals surface area contributed by atoms with Crippen LogP contribution in [0.1, 0.15) is 59.4 Å². The summed E-state index contributed by atoms with van der Waals surface area (Å²) in [5.41, 5.74) is 0.450. The van der Waals surface area contributed by atoms with E-state index in [1.54, 1.807) is 4.90 Å². The highest BCUT2D eigenvalue weighted by molar-refractivity contribution is 5.76. The first kappa shape index (κ1) is 23.2. The number of rotatable bonds is 8. The van der Waals surface area contributed by atoms with Crippen LogP contribution in [0.5, 0.6) is 0 Å². The number of hydrogen-bond acceptors (Lipinski definition) is 5. The molecule has 1 heterocycles. The fourth-order valence-corrected chi connectivity index (χ4v) is 3.48. The van der Waals surface area contributed by atoms with Gasteiger partial charge in [0, 0.05) is 19.1 Å². The van der Waals surface area contributed by atoms with E-state index >= 15 is 0 Å². The van der Waals surface area contributed by atoms with E-state index in [-0.39, 0.29) is 30.8 Å². The molecule has 0 aliphatic carbocycles. The Kier molecular flexibility index (Phi) is 8.50. The van der Waals surface area contributed by atoms with Crippen LogP contribution in [0.25, 0.3) is 0 Å². The Morgan fingerprint density at radius 3 is 2.52 bits per heavy atom. The number of hydrogen-bond donors (Lipinski definition) is 1. The molecule has 0 aromatic heterocycles. The largest absolute Gasteiger partial charge is 0.459 e. The number of benzene rings is 1. The standard InChI is InChI=1S/C23H36N2O4/c1-17(2)14-20(21(26)29-23(3,4)5)24-15-19-12-9-13-25(19)22(27)28-16-18-10-7-6-8-11-18/h6-8,10-11,17,19-20,24H,9,12-16H2,1-5H3/t19-,20+/m1/s1. The molecule has 1 aromatic carbocycles. The van der Waals surface area contributed by atoms with E-state index < -0.39 is 5.60 Å². The molecular weight excluding hydrogens is 368 g/mol. The molecule has 1 saturated heterocycles. The van der Waals surface area contributed by atoms with Gasteiger partial charge in [0.2, 0.25) is 0 Å². The average Bonchev–Trinajstić information content (AvgIpc) is 3.11. The molecule has 2 atom stereocenters. The fraction of sp³-hybridized carbons (Fsp3) is 0.652. The first-order valence-corrected chi connectivity index (χ1v) is 10.6. The van der Waals surface area contributed by atoms with E-state index in [0.29, 0.717) is 25.4 Å². The van der Waals surface area contributed by atoms with Gasteiger partial charge in [-0.1, -0.05) is 44.2 Å². The fourth-order valence-electron chi connectivity index (χ4n) is 3.48. The summed E-state index contributed by atoms with van der Waals surface area (Å²) in [6.45, 7) is 11.3. The lowest BCUT2D eigenvalue weighted by atomic mass is 10.0. The van der Waals surface area contributed by atoms with Crippen LogP contribution in [-0.4, -0.2) is 47.7 Å². The molecule has 0 bridgehead atoms. The topological polar surface area (TPSA) is 67.9 Å². The van der Waals surface area contributed by atoms with Gasteiger partial charge in [-0.05, 0) is 51.5 Å². The van der Waals surface area contributed by atoms with Gasteiger partial charge in [0.25, 0.3) is 0 Å². The van der Waals surface area contributed by atoms with Crippen molar-refractivity contribution in [2.75, 3.05) is 13.1 Å². The van der Waals surface area contributed by atoms with Crippen LogP contribution in [0.3, 0.4) is 0 Å². The first-order valence-electron chi connectivity index (χ1n) is 10.6. The maximum Gasteiger partial charge on any atom is 0.410 e. The number of carbonyl (C=O) groups is 2. The van der Waals surface area contributed by atoms with E-state index in [1.165, 1.54) is 0 Å². The van der Waals surface area contributed by atoms with Crippen molar-refractivity contribution in [3.63, 3.8) is 0 Å². The molecule has 0 radical (unpaired) electrons. The summed E-state index contributed by atoms with van der Waals surface area (Å²) in [5, 5.41) is 3.35. The van der Waals surface area contributed by atoms with Crippen LogP contribution < -0.4 is 5.32 Å². The van der Waals surface area contributed by atoms with E-state index in [1.807, 2.05) is 51.1 Å². The van der Waals surface area contributed by atoms with Crippen molar-refractivity contribution >= 4 is 12.1 Å². The van der Waals surface area contributed by atoms with Crippen molar-refractivity contribution in [3.05, 3.63) is 35.9 Å². The van der Waals surface area contributed by atoms with E-state index in [2.05, 4.69) is 19.2 Å². The third kappa shape index (κ3) is 8.05. The maximum atomic E-state index is 12.6. The van der Waals surface area contributed by atoms with Gasteiger partial charge in [0.05, 0.1) is 0 Å². The molecule has 1 aliphatic heterocycles. The number of ether oxygens (including phenoxy) is 2. The molecular formula is C23H36N2O4. The van der Waals surface area contributed by atoms with Crippen LogP contribution >= 0.6 is 0 Å². The minimum absolute atomic E-state index is 0.0235. The molecule has 1 aromatic rings. The monoisotopic (exact) mass is 404 g/mol. The highest BCUT2D eigenvalue weighted by Gasteiger charge is 2.32. The van der Waals surface area contributed by atoms with Gasteiger partial charge in [0.1, 0.15) is 18.2 Å². The number of likely N-dealkylation sites (tertiary alicyclic amines) is 1.